The Labute approximate surface area is 150 Å². The number of rotatable bonds is 5. The maximum atomic E-state index is 13.3. The second-order valence-electron chi connectivity index (χ2n) is 6.14. The molecule has 0 spiro atoms. The number of H-pyrrole nitrogens is 1. The minimum atomic E-state index is -0.233. The van der Waals surface area contributed by atoms with E-state index in [0.29, 0.717) is 12.4 Å². The summed E-state index contributed by atoms with van der Waals surface area (Å²) >= 11 is 0. The lowest BCUT2D eigenvalue weighted by Crippen LogP contribution is -2.07. The van der Waals surface area contributed by atoms with E-state index in [1.807, 2.05) is 37.4 Å². The van der Waals surface area contributed by atoms with Gasteiger partial charge in [0.15, 0.2) is 5.82 Å². The normalized spacial score (nSPS) is 11.0. The van der Waals surface area contributed by atoms with Crippen molar-refractivity contribution >= 4 is 16.7 Å². The molecule has 0 fully saturated rings. The third-order valence-electron chi connectivity index (χ3n) is 4.20. The van der Waals surface area contributed by atoms with Gasteiger partial charge in [-0.15, -0.1) is 0 Å². The third-order valence-corrected chi connectivity index (χ3v) is 4.20. The first-order chi connectivity index (χ1) is 12.7. The summed E-state index contributed by atoms with van der Waals surface area (Å²) in [5, 5.41) is 4.40. The largest absolute Gasteiger partial charge is 0.370 e. The number of aromatic amines is 1. The number of anilines is 1. The minimum Gasteiger partial charge on any atom is -0.370 e. The second kappa shape index (κ2) is 6.92. The maximum Gasteiger partial charge on any atom is 0.163 e. The fourth-order valence-electron chi connectivity index (χ4n) is 2.97. The lowest BCUT2D eigenvalue weighted by Gasteiger charge is -2.08. The zero-order chi connectivity index (χ0) is 17.9. The number of hydrogen-bond acceptors (Lipinski definition) is 4. The van der Waals surface area contributed by atoms with E-state index in [-0.39, 0.29) is 5.82 Å². The van der Waals surface area contributed by atoms with E-state index in [1.54, 1.807) is 12.4 Å². The van der Waals surface area contributed by atoms with Crippen molar-refractivity contribution in [2.24, 2.45) is 0 Å². The van der Waals surface area contributed by atoms with Crippen molar-refractivity contribution in [2.45, 2.75) is 13.3 Å². The minimum absolute atomic E-state index is 0.233. The van der Waals surface area contributed by atoms with E-state index in [2.05, 4.69) is 25.3 Å². The molecule has 0 unspecified atom stereocenters. The number of hydrogen-bond donors (Lipinski definition) is 2. The Morgan fingerprint density at radius 3 is 2.92 bits per heavy atom. The van der Waals surface area contributed by atoms with Gasteiger partial charge in [0.2, 0.25) is 0 Å². The van der Waals surface area contributed by atoms with E-state index in [4.69, 9.17) is 0 Å². The molecule has 130 valence electrons. The number of halogens is 1. The highest BCUT2D eigenvalue weighted by Gasteiger charge is 2.07. The SMILES string of the molecule is Cc1cc(NCCc2c[nH]c3cc(F)ccc23)nc(-c2cccnc2)n1. The van der Waals surface area contributed by atoms with Gasteiger partial charge in [0, 0.05) is 53.4 Å². The van der Waals surface area contributed by atoms with Crippen LogP contribution in [0.2, 0.25) is 0 Å². The number of benzene rings is 1. The van der Waals surface area contributed by atoms with Crippen LogP contribution in [0.3, 0.4) is 0 Å². The van der Waals surface area contributed by atoms with Crippen molar-refractivity contribution in [1.29, 1.82) is 0 Å². The molecule has 0 saturated heterocycles. The van der Waals surface area contributed by atoms with E-state index in [0.717, 1.165) is 40.0 Å². The van der Waals surface area contributed by atoms with Gasteiger partial charge < -0.3 is 10.3 Å². The van der Waals surface area contributed by atoms with Crippen LogP contribution in [0.15, 0.2) is 55.0 Å². The van der Waals surface area contributed by atoms with Crippen molar-refractivity contribution in [3.63, 3.8) is 0 Å². The Kier molecular flexibility index (Phi) is 4.31. The third kappa shape index (κ3) is 3.39. The van der Waals surface area contributed by atoms with Crippen molar-refractivity contribution in [3.8, 4) is 11.4 Å². The molecule has 4 rings (SSSR count). The predicted molar refractivity (Wildman–Crippen MR) is 100 cm³/mol. The van der Waals surface area contributed by atoms with Crippen molar-refractivity contribution in [3.05, 3.63) is 72.1 Å². The Bertz CT molecular complexity index is 1040. The summed E-state index contributed by atoms with van der Waals surface area (Å²) in [4.78, 5) is 16.3. The topological polar surface area (TPSA) is 66.5 Å². The summed E-state index contributed by atoms with van der Waals surface area (Å²) in [7, 11) is 0. The summed E-state index contributed by atoms with van der Waals surface area (Å²) in [6.07, 6.45) is 6.21. The van der Waals surface area contributed by atoms with Crippen LogP contribution in [0.5, 0.6) is 0 Å². The fraction of sp³-hybridized carbons (Fsp3) is 0.150. The van der Waals surface area contributed by atoms with Crippen molar-refractivity contribution < 1.29 is 4.39 Å². The molecule has 0 aliphatic carbocycles. The standard InChI is InChI=1S/C20H18FN5/c1-13-9-19(26-20(25-13)15-3-2-7-22-11-15)23-8-6-14-12-24-18-10-16(21)4-5-17(14)18/h2-5,7,9-12,24H,6,8H2,1H3,(H,23,25,26). The van der Waals surface area contributed by atoms with Crippen molar-refractivity contribution in [1.82, 2.24) is 19.9 Å². The van der Waals surface area contributed by atoms with Crippen LogP contribution >= 0.6 is 0 Å². The van der Waals surface area contributed by atoms with Gasteiger partial charge in [-0.05, 0) is 49.2 Å². The van der Waals surface area contributed by atoms with Gasteiger partial charge in [0.25, 0.3) is 0 Å². The summed E-state index contributed by atoms with van der Waals surface area (Å²) < 4.78 is 13.3. The summed E-state index contributed by atoms with van der Waals surface area (Å²) in [5.41, 5.74) is 3.74. The molecule has 0 bridgehead atoms. The van der Waals surface area contributed by atoms with Gasteiger partial charge in [0.05, 0.1) is 0 Å². The Morgan fingerprint density at radius 1 is 1.15 bits per heavy atom. The first-order valence-electron chi connectivity index (χ1n) is 8.44. The van der Waals surface area contributed by atoms with Gasteiger partial charge in [-0.2, -0.15) is 0 Å². The molecule has 6 heteroatoms. The molecule has 1 aromatic carbocycles. The first kappa shape index (κ1) is 16.2. The highest BCUT2D eigenvalue weighted by atomic mass is 19.1. The van der Waals surface area contributed by atoms with Crippen LogP contribution < -0.4 is 5.32 Å². The summed E-state index contributed by atoms with van der Waals surface area (Å²) in [6, 6.07) is 10.5. The lowest BCUT2D eigenvalue weighted by atomic mass is 10.1. The van der Waals surface area contributed by atoms with E-state index in [1.165, 1.54) is 12.1 Å². The number of nitrogens with one attached hydrogen (secondary N) is 2. The zero-order valence-corrected chi connectivity index (χ0v) is 14.3. The number of aryl methyl sites for hydroxylation is 1. The van der Waals surface area contributed by atoms with Gasteiger partial charge in [-0.3, -0.25) is 4.98 Å². The molecule has 3 aromatic heterocycles. The quantitative estimate of drug-likeness (QED) is 0.570. The van der Waals surface area contributed by atoms with Gasteiger partial charge in [-0.1, -0.05) is 0 Å². The Morgan fingerprint density at radius 2 is 2.08 bits per heavy atom. The van der Waals surface area contributed by atoms with Gasteiger partial charge in [-0.25, -0.2) is 14.4 Å². The average Bonchev–Trinajstić information content (AvgIpc) is 3.04. The Hall–Kier alpha value is -3.28. The van der Waals surface area contributed by atoms with Crippen LogP contribution in [-0.4, -0.2) is 26.5 Å². The smallest absolute Gasteiger partial charge is 0.163 e. The molecule has 0 aliphatic heterocycles. The molecule has 0 saturated carbocycles. The lowest BCUT2D eigenvalue weighted by molar-refractivity contribution is 0.629. The van der Waals surface area contributed by atoms with Crippen LogP contribution in [0, 0.1) is 12.7 Å². The van der Waals surface area contributed by atoms with Crippen LogP contribution in [0.4, 0.5) is 10.2 Å². The molecule has 5 nitrogen and oxygen atoms in total. The summed E-state index contributed by atoms with van der Waals surface area (Å²) in [5.74, 6) is 1.20. The molecule has 0 atom stereocenters. The molecule has 4 aromatic rings. The van der Waals surface area contributed by atoms with Crippen molar-refractivity contribution in [2.75, 3.05) is 11.9 Å². The maximum absolute atomic E-state index is 13.3. The molecular formula is C20H18FN5. The molecule has 0 amide bonds. The first-order valence-corrected chi connectivity index (χ1v) is 8.44. The molecule has 0 aliphatic rings. The predicted octanol–water partition coefficient (Wildman–Crippen LogP) is 4.12. The van der Waals surface area contributed by atoms with E-state index >= 15 is 0 Å². The van der Waals surface area contributed by atoms with Crippen LogP contribution in [-0.2, 0) is 6.42 Å². The second-order valence-corrected chi connectivity index (χ2v) is 6.14. The highest BCUT2D eigenvalue weighted by molar-refractivity contribution is 5.83. The number of fused-ring (bicyclic) bond motifs is 1. The molecular weight excluding hydrogens is 329 g/mol. The van der Waals surface area contributed by atoms with Crippen LogP contribution in [0.25, 0.3) is 22.3 Å². The van der Waals surface area contributed by atoms with E-state index < -0.39 is 0 Å². The zero-order valence-electron chi connectivity index (χ0n) is 14.3. The molecule has 26 heavy (non-hydrogen) atoms. The van der Waals surface area contributed by atoms with E-state index in [9.17, 15) is 4.39 Å². The molecule has 2 N–H and O–H groups in total. The average molecular weight is 347 g/mol. The Balaban J connectivity index is 1.48. The van der Waals surface area contributed by atoms with Gasteiger partial charge in [0.1, 0.15) is 11.6 Å². The highest BCUT2D eigenvalue weighted by Crippen LogP contribution is 2.20. The van der Waals surface area contributed by atoms with Crippen LogP contribution in [0.1, 0.15) is 11.3 Å². The number of nitrogens with zero attached hydrogens (tertiary/aromatic N) is 3. The molecule has 3 heterocycles. The van der Waals surface area contributed by atoms with Gasteiger partial charge >= 0.3 is 0 Å². The number of aromatic nitrogens is 4. The summed E-state index contributed by atoms with van der Waals surface area (Å²) in [6.45, 7) is 2.66. The molecule has 0 radical (unpaired) electrons. The number of pyridine rings is 1. The monoisotopic (exact) mass is 347 g/mol. The fourth-order valence-corrected chi connectivity index (χ4v) is 2.97.